The molecule has 0 aromatic heterocycles. The first-order chi connectivity index (χ1) is 8.05. The van der Waals surface area contributed by atoms with E-state index >= 15 is 0 Å². The number of rotatable bonds is 6. The number of nitrogens with zero attached hydrogens (tertiary/aromatic N) is 2. The highest BCUT2D eigenvalue weighted by Crippen LogP contribution is 2.17. The Morgan fingerprint density at radius 1 is 1.18 bits per heavy atom. The maximum atomic E-state index is 11.8. The van der Waals surface area contributed by atoms with Crippen molar-refractivity contribution in [2.75, 3.05) is 45.5 Å². The van der Waals surface area contributed by atoms with Crippen molar-refractivity contribution < 1.29 is 8.42 Å². The molecule has 1 saturated carbocycles. The fraction of sp³-hybridized carbons (Fsp3) is 1.00. The molecule has 0 unspecified atom stereocenters. The van der Waals surface area contributed by atoms with Crippen LogP contribution in [0, 0.1) is 0 Å². The van der Waals surface area contributed by atoms with Crippen molar-refractivity contribution in [3.8, 4) is 0 Å². The van der Waals surface area contributed by atoms with Crippen LogP contribution in [0.3, 0.4) is 0 Å². The molecule has 2 N–H and O–H groups in total. The van der Waals surface area contributed by atoms with Crippen molar-refractivity contribution in [1.29, 1.82) is 0 Å². The van der Waals surface area contributed by atoms with Crippen molar-refractivity contribution in [1.82, 2.24) is 20.1 Å². The van der Waals surface area contributed by atoms with Gasteiger partial charge in [-0.25, -0.2) is 13.4 Å². The molecule has 0 aromatic rings. The monoisotopic (exact) mass is 262 g/mol. The van der Waals surface area contributed by atoms with Crippen molar-refractivity contribution >= 4 is 10.0 Å². The molecule has 0 aromatic carbocycles. The van der Waals surface area contributed by atoms with Crippen LogP contribution < -0.4 is 10.1 Å². The van der Waals surface area contributed by atoms with Crippen LogP contribution in [0.5, 0.6) is 0 Å². The first-order valence-electron chi connectivity index (χ1n) is 6.22. The minimum atomic E-state index is -3.17. The molecular weight excluding hydrogens is 240 g/mol. The normalized spacial score (nSPS) is 24.1. The molecule has 2 rings (SSSR count). The lowest BCUT2D eigenvalue weighted by Crippen LogP contribution is -2.53. The Morgan fingerprint density at radius 3 is 2.41 bits per heavy atom. The molecule has 0 radical (unpaired) electrons. The molecule has 7 heteroatoms. The van der Waals surface area contributed by atoms with E-state index in [1.165, 1.54) is 12.8 Å². The van der Waals surface area contributed by atoms with Gasteiger partial charge in [-0.3, -0.25) is 0 Å². The Labute approximate surface area is 103 Å². The molecule has 100 valence electrons. The van der Waals surface area contributed by atoms with Gasteiger partial charge >= 0.3 is 0 Å². The van der Waals surface area contributed by atoms with Crippen LogP contribution in [0.1, 0.15) is 12.8 Å². The second-order valence-electron chi connectivity index (χ2n) is 4.93. The van der Waals surface area contributed by atoms with Crippen LogP contribution in [0.25, 0.3) is 0 Å². The number of hydrazine groups is 1. The van der Waals surface area contributed by atoms with Crippen LogP contribution >= 0.6 is 0 Å². The average molecular weight is 262 g/mol. The topological polar surface area (TPSA) is 64.7 Å². The van der Waals surface area contributed by atoms with E-state index in [2.05, 4.69) is 15.0 Å². The number of sulfonamides is 1. The molecule has 0 spiro atoms. The van der Waals surface area contributed by atoms with E-state index in [0.717, 1.165) is 26.2 Å². The molecule has 2 fully saturated rings. The fourth-order valence-corrected chi connectivity index (χ4v) is 2.88. The molecule has 0 bridgehead atoms. The Balaban J connectivity index is 1.68. The van der Waals surface area contributed by atoms with Gasteiger partial charge in [-0.15, -0.1) is 4.83 Å². The zero-order valence-corrected chi connectivity index (χ0v) is 11.2. The molecule has 1 heterocycles. The van der Waals surface area contributed by atoms with Gasteiger partial charge in [-0.2, -0.15) is 0 Å². The maximum absolute atomic E-state index is 11.8. The van der Waals surface area contributed by atoms with Crippen LogP contribution in [0.4, 0.5) is 0 Å². The van der Waals surface area contributed by atoms with Crippen molar-refractivity contribution in [3.05, 3.63) is 0 Å². The summed E-state index contributed by atoms with van der Waals surface area (Å²) in [5.74, 6) is 0.163. The van der Waals surface area contributed by atoms with E-state index in [-0.39, 0.29) is 5.75 Å². The molecule has 0 amide bonds. The van der Waals surface area contributed by atoms with E-state index in [1.807, 2.05) is 7.05 Å². The number of piperazine rings is 1. The van der Waals surface area contributed by atoms with Crippen LogP contribution in [-0.4, -0.2) is 69.9 Å². The molecule has 1 aliphatic heterocycles. The largest absolute Gasteiger partial charge is 0.313 e. The third kappa shape index (κ3) is 4.89. The third-order valence-corrected chi connectivity index (χ3v) is 4.43. The van der Waals surface area contributed by atoms with E-state index in [0.29, 0.717) is 12.6 Å². The smallest absolute Gasteiger partial charge is 0.225 e. The van der Waals surface area contributed by atoms with Crippen LogP contribution in [0.2, 0.25) is 0 Å². The van der Waals surface area contributed by atoms with Gasteiger partial charge in [0.15, 0.2) is 0 Å². The Kier molecular flexibility index (Phi) is 4.37. The van der Waals surface area contributed by atoms with Crippen LogP contribution in [0.15, 0.2) is 0 Å². The molecule has 1 aliphatic carbocycles. The predicted molar refractivity (Wildman–Crippen MR) is 67.0 cm³/mol. The minimum Gasteiger partial charge on any atom is -0.313 e. The summed E-state index contributed by atoms with van der Waals surface area (Å²) in [7, 11) is -1.12. The quantitative estimate of drug-likeness (QED) is 0.631. The average Bonchev–Trinajstić information content (AvgIpc) is 3.05. The summed E-state index contributed by atoms with van der Waals surface area (Å²) in [4.78, 5) is 4.84. The third-order valence-electron chi connectivity index (χ3n) is 3.15. The van der Waals surface area contributed by atoms with Gasteiger partial charge in [0, 0.05) is 38.8 Å². The minimum absolute atomic E-state index is 0.163. The predicted octanol–water partition coefficient (Wildman–Crippen LogP) is -1.18. The summed E-state index contributed by atoms with van der Waals surface area (Å²) >= 11 is 0. The van der Waals surface area contributed by atoms with E-state index in [9.17, 15) is 8.42 Å². The number of hydrogen-bond donors (Lipinski definition) is 2. The standard InChI is InChI=1S/C10H22N4O2S/c1-13-5-7-14(8-6-13)12-17(15,16)9-4-11-10-2-3-10/h10-12H,2-9H2,1H3. The van der Waals surface area contributed by atoms with Crippen molar-refractivity contribution in [2.24, 2.45) is 0 Å². The van der Waals surface area contributed by atoms with Gasteiger partial charge in [0.1, 0.15) is 0 Å². The molecule has 1 saturated heterocycles. The fourth-order valence-electron chi connectivity index (χ4n) is 1.82. The van der Waals surface area contributed by atoms with Crippen molar-refractivity contribution in [3.63, 3.8) is 0 Å². The van der Waals surface area contributed by atoms with E-state index < -0.39 is 10.0 Å². The Morgan fingerprint density at radius 2 is 1.82 bits per heavy atom. The first-order valence-corrected chi connectivity index (χ1v) is 7.87. The summed E-state index contributed by atoms with van der Waals surface area (Å²) < 4.78 is 23.6. The van der Waals surface area contributed by atoms with Gasteiger partial charge in [-0.05, 0) is 19.9 Å². The van der Waals surface area contributed by atoms with E-state index in [1.54, 1.807) is 5.01 Å². The second-order valence-corrected chi connectivity index (χ2v) is 6.75. The summed E-state index contributed by atoms with van der Waals surface area (Å²) in [6, 6.07) is 0.564. The lowest BCUT2D eigenvalue weighted by Gasteiger charge is -2.32. The highest BCUT2D eigenvalue weighted by molar-refractivity contribution is 7.89. The number of hydrogen-bond acceptors (Lipinski definition) is 5. The molecule has 0 atom stereocenters. The van der Waals surface area contributed by atoms with Crippen LogP contribution in [-0.2, 0) is 10.0 Å². The van der Waals surface area contributed by atoms with Crippen molar-refractivity contribution in [2.45, 2.75) is 18.9 Å². The highest BCUT2D eigenvalue weighted by Gasteiger charge is 2.22. The SMILES string of the molecule is CN1CCN(NS(=O)(=O)CCNC2CC2)CC1. The summed E-state index contributed by atoms with van der Waals surface area (Å²) in [6.07, 6.45) is 2.37. The van der Waals surface area contributed by atoms with Gasteiger partial charge in [0.2, 0.25) is 10.0 Å². The van der Waals surface area contributed by atoms with Gasteiger partial charge < -0.3 is 10.2 Å². The molecule has 2 aliphatic rings. The lowest BCUT2D eigenvalue weighted by atomic mass is 10.4. The second kappa shape index (κ2) is 5.62. The highest BCUT2D eigenvalue weighted by atomic mass is 32.2. The Hall–Kier alpha value is -0.210. The van der Waals surface area contributed by atoms with Gasteiger partial charge in [0.05, 0.1) is 5.75 Å². The van der Waals surface area contributed by atoms with Gasteiger partial charge in [0.25, 0.3) is 0 Å². The number of likely N-dealkylation sites (N-methyl/N-ethyl adjacent to an activating group) is 1. The zero-order chi connectivity index (χ0) is 12.3. The number of nitrogens with one attached hydrogen (secondary N) is 2. The summed E-state index contributed by atoms with van der Waals surface area (Å²) in [5.41, 5.74) is 0. The first kappa shape index (κ1) is 13.2. The zero-order valence-electron chi connectivity index (χ0n) is 10.4. The Bertz CT molecular complexity index is 334. The molecular formula is C10H22N4O2S. The lowest BCUT2D eigenvalue weighted by molar-refractivity contribution is 0.135. The summed E-state index contributed by atoms with van der Waals surface area (Å²) in [5, 5.41) is 5.01. The molecule has 6 nitrogen and oxygen atoms in total. The summed E-state index contributed by atoms with van der Waals surface area (Å²) in [6.45, 7) is 3.87. The molecule has 17 heavy (non-hydrogen) atoms. The van der Waals surface area contributed by atoms with Gasteiger partial charge in [-0.1, -0.05) is 0 Å². The maximum Gasteiger partial charge on any atom is 0.225 e. The van der Waals surface area contributed by atoms with E-state index in [4.69, 9.17) is 0 Å².